The number of carbonyl (C=O) groups is 1. The van der Waals surface area contributed by atoms with E-state index in [9.17, 15) is 17.6 Å². The number of amides is 1. The van der Waals surface area contributed by atoms with Crippen LogP contribution in [0.3, 0.4) is 0 Å². The van der Waals surface area contributed by atoms with Gasteiger partial charge >= 0.3 is 0 Å². The average Bonchev–Trinajstić information content (AvgIpc) is 2.75. The quantitative estimate of drug-likeness (QED) is 0.676. The zero-order chi connectivity index (χ0) is 22.4. The van der Waals surface area contributed by atoms with Crippen molar-refractivity contribution in [1.82, 2.24) is 14.5 Å². The monoisotopic (exact) mass is 447 g/mol. The maximum absolute atomic E-state index is 12.9. The summed E-state index contributed by atoms with van der Waals surface area (Å²) in [6, 6.07) is 13.3. The minimum Gasteiger partial charge on any atom is -0.355 e. The number of benzene rings is 2. The normalized spacial score (nSPS) is 15.9. The summed E-state index contributed by atoms with van der Waals surface area (Å²) < 4.78 is 40.2. The highest BCUT2D eigenvalue weighted by molar-refractivity contribution is 7.89. The minimum absolute atomic E-state index is 0.0947. The number of piperazine rings is 1. The summed E-state index contributed by atoms with van der Waals surface area (Å²) in [6.45, 7) is 6.59. The number of hydrogen-bond donors (Lipinski definition) is 1. The van der Waals surface area contributed by atoms with Crippen LogP contribution in [0.5, 0.6) is 0 Å². The second kappa shape index (κ2) is 10.3. The fraction of sp³-hybridized carbons (Fsp3) is 0.435. The van der Waals surface area contributed by atoms with Gasteiger partial charge < -0.3 is 5.32 Å². The molecule has 3 rings (SSSR count). The van der Waals surface area contributed by atoms with E-state index in [1.54, 1.807) is 24.3 Å². The predicted octanol–water partition coefficient (Wildman–Crippen LogP) is 2.61. The van der Waals surface area contributed by atoms with E-state index in [1.807, 2.05) is 17.0 Å². The van der Waals surface area contributed by atoms with Gasteiger partial charge in [-0.3, -0.25) is 9.69 Å². The molecule has 0 saturated carbocycles. The Kier molecular flexibility index (Phi) is 7.80. The molecule has 2 aromatic rings. The molecular weight excluding hydrogens is 417 g/mol. The van der Waals surface area contributed by atoms with Crippen LogP contribution in [0.25, 0.3) is 0 Å². The first-order chi connectivity index (χ1) is 14.8. The Hall–Kier alpha value is -2.29. The molecule has 1 saturated heterocycles. The minimum atomic E-state index is -3.52. The van der Waals surface area contributed by atoms with Crippen LogP contribution in [0.2, 0.25) is 0 Å². The number of rotatable bonds is 8. The molecule has 0 bridgehead atoms. The smallest absolute Gasteiger partial charge is 0.243 e. The van der Waals surface area contributed by atoms with Crippen molar-refractivity contribution in [2.75, 3.05) is 39.3 Å². The van der Waals surface area contributed by atoms with E-state index in [1.165, 1.54) is 16.4 Å². The van der Waals surface area contributed by atoms with Gasteiger partial charge in [-0.05, 0) is 47.7 Å². The maximum atomic E-state index is 12.9. The van der Waals surface area contributed by atoms with Crippen LogP contribution in [-0.4, -0.2) is 62.8 Å². The topological polar surface area (TPSA) is 69.7 Å². The van der Waals surface area contributed by atoms with Gasteiger partial charge in [0.2, 0.25) is 15.9 Å². The van der Waals surface area contributed by atoms with E-state index >= 15 is 0 Å². The first-order valence-corrected chi connectivity index (χ1v) is 12.0. The third-order valence-electron chi connectivity index (χ3n) is 5.53. The third-order valence-corrected chi connectivity index (χ3v) is 7.44. The van der Waals surface area contributed by atoms with E-state index < -0.39 is 10.0 Å². The van der Waals surface area contributed by atoms with Crippen LogP contribution in [0.15, 0.2) is 53.4 Å². The van der Waals surface area contributed by atoms with E-state index in [4.69, 9.17) is 0 Å². The summed E-state index contributed by atoms with van der Waals surface area (Å²) in [5, 5.41) is 2.87. The van der Waals surface area contributed by atoms with Crippen molar-refractivity contribution in [1.29, 1.82) is 0 Å². The molecule has 0 spiro atoms. The predicted molar refractivity (Wildman–Crippen MR) is 119 cm³/mol. The van der Waals surface area contributed by atoms with Gasteiger partial charge in [-0.15, -0.1) is 0 Å². The van der Waals surface area contributed by atoms with E-state index in [2.05, 4.69) is 19.2 Å². The molecule has 1 aliphatic rings. The Balaban J connectivity index is 1.44. The van der Waals surface area contributed by atoms with Crippen molar-refractivity contribution in [3.63, 3.8) is 0 Å². The van der Waals surface area contributed by atoms with Crippen molar-refractivity contribution in [2.24, 2.45) is 0 Å². The van der Waals surface area contributed by atoms with Crippen molar-refractivity contribution in [3.05, 3.63) is 65.5 Å². The van der Waals surface area contributed by atoms with Crippen LogP contribution < -0.4 is 5.32 Å². The highest BCUT2D eigenvalue weighted by Crippen LogP contribution is 2.21. The van der Waals surface area contributed by atoms with Gasteiger partial charge in [0.15, 0.2) is 0 Å². The van der Waals surface area contributed by atoms with Crippen LogP contribution in [0.1, 0.15) is 30.9 Å². The molecule has 6 nitrogen and oxygen atoms in total. The standard InChI is InChI=1S/C23H30FN3O3S/c1-18(2)20-5-9-22(10-6-20)31(29,30)27-15-13-26(14-16-27)17-23(28)25-12-11-19-3-7-21(24)8-4-19/h3-10,18H,11-17H2,1-2H3,(H,25,28). The second-order valence-electron chi connectivity index (χ2n) is 8.13. The van der Waals surface area contributed by atoms with E-state index in [0.717, 1.165) is 11.1 Å². The molecule has 1 amide bonds. The Morgan fingerprint density at radius 1 is 1.00 bits per heavy atom. The molecule has 0 aromatic heterocycles. The lowest BCUT2D eigenvalue weighted by molar-refractivity contribution is -0.122. The summed E-state index contributed by atoms with van der Waals surface area (Å²) in [7, 11) is -3.52. The fourth-order valence-corrected chi connectivity index (χ4v) is 4.98. The molecule has 0 unspecified atom stereocenters. The van der Waals surface area contributed by atoms with Gasteiger partial charge in [0.25, 0.3) is 0 Å². The molecule has 2 aromatic carbocycles. The van der Waals surface area contributed by atoms with Crippen LogP contribution in [0, 0.1) is 5.82 Å². The lowest BCUT2D eigenvalue weighted by atomic mass is 10.0. The zero-order valence-corrected chi connectivity index (χ0v) is 18.9. The Bertz CT molecular complexity index is 968. The highest BCUT2D eigenvalue weighted by Gasteiger charge is 2.29. The summed E-state index contributed by atoms with van der Waals surface area (Å²) in [6.07, 6.45) is 0.633. The Labute approximate surface area is 184 Å². The number of hydrogen-bond acceptors (Lipinski definition) is 4. The van der Waals surface area contributed by atoms with E-state index in [-0.39, 0.29) is 18.3 Å². The summed E-state index contributed by atoms with van der Waals surface area (Å²) in [5.74, 6) is -0.0219. The molecular formula is C23H30FN3O3S. The van der Waals surface area contributed by atoms with Crippen molar-refractivity contribution in [3.8, 4) is 0 Å². The highest BCUT2D eigenvalue weighted by atomic mass is 32.2. The third kappa shape index (κ3) is 6.35. The number of carbonyl (C=O) groups excluding carboxylic acids is 1. The molecule has 1 fully saturated rings. The van der Waals surface area contributed by atoms with E-state index in [0.29, 0.717) is 50.0 Å². The molecule has 31 heavy (non-hydrogen) atoms. The summed E-state index contributed by atoms with van der Waals surface area (Å²) >= 11 is 0. The van der Waals surface area contributed by atoms with Crippen molar-refractivity contribution >= 4 is 15.9 Å². The molecule has 1 heterocycles. The van der Waals surface area contributed by atoms with Gasteiger partial charge in [-0.25, -0.2) is 12.8 Å². The van der Waals surface area contributed by atoms with Gasteiger partial charge in [0.05, 0.1) is 11.4 Å². The fourth-order valence-electron chi connectivity index (χ4n) is 3.56. The first kappa shape index (κ1) is 23.4. The van der Waals surface area contributed by atoms with Crippen molar-refractivity contribution in [2.45, 2.75) is 31.1 Å². The largest absolute Gasteiger partial charge is 0.355 e. The second-order valence-corrected chi connectivity index (χ2v) is 10.1. The maximum Gasteiger partial charge on any atom is 0.243 e. The molecule has 8 heteroatoms. The summed E-state index contributed by atoms with van der Waals surface area (Å²) in [5.41, 5.74) is 2.07. The molecule has 1 N–H and O–H groups in total. The number of sulfonamides is 1. The van der Waals surface area contributed by atoms with Gasteiger partial charge in [0.1, 0.15) is 5.82 Å². The van der Waals surface area contributed by atoms with Crippen LogP contribution >= 0.6 is 0 Å². The van der Waals surface area contributed by atoms with Crippen LogP contribution in [-0.2, 0) is 21.2 Å². The van der Waals surface area contributed by atoms with Gasteiger partial charge in [-0.2, -0.15) is 4.31 Å². The summed E-state index contributed by atoms with van der Waals surface area (Å²) in [4.78, 5) is 14.5. The molecule has 1 aliphatic heterocycles. The Morgan fingerprint density at radius 3 is 2.19 bits per heavy atom. The lowest BCUT2D eigenvalue weighted by Gasteiger charge is -2.33. The number of nitrogens with zero attached hydrogens (tertiary/aromatic N) is 2. The average molecular weight is 448 g/mol. The molecule has 168 valence electrons. The first-order valence-electron chi connectivity index (χ1n) is 10.6. The lowest BCUT2D eigenvalue weighted by Crippen LogP contribution is -2.51. The SMILES string of the molecule is CC(C)c1ccc(S(=O)(=O)N2CCN(CC(=O)NCCc3ccc(F)cc3)CC2)cc1. The number of nitrogens with one attached hydrogen (secondary N) is 1. The number of halogens is 1. The van der Waals surface area contributed by atoms with Crippen LogP contribution in [0.4, 0.5) is 4.39 Å². The van der Waals surface area contributed by atoms with Gasteiger partial charge in [0, 0.05) is 32.7 Å². The molecule has 0 aliphatic carbocycles. The van der Waals surface area contributed by atoms with Crippen molar-refractivity contribution < 1.29 is 17.6 Å². The zero-order valence-electron chi connectivity index (χ0n) is 18.1. The molecule has 0 atom stereocenters. The Morgan fingerprint density at radius 2 is 1.61 bits per heavy atom. The molecule has 0 radical (unpaired) electrons. The van der Waals surface area contributed by atoms with Gasteiger partial charge in [-0.1, -0.05) is 38.1 Å².